The van der Waals surface area contributed by atoms with E-state index in [9.17, 15) is 10.1 Å². The van der Waals surface area contributed by atoms with Crippen molar-refractivity contribution in [2.75, 3.05) is 6.54 Å². The molecule has 0 saturated heterocycles. The lowest BCUT2D eigenvalue weighted by molar-refractivity contribution is -0.385. The molecular formula is C12H20N4O2. The predicted molar refractivity (Wildman–Crippen MR) is 69.3 cm³/mol. The van der Waals surface area contributed by atoms with Crippen molar-refractivity contribution in [3.05, 3.63) is 28.3 Å². The summed E-state index contributed by atoms with van der Waals surface area (Å²) in [6, 6.07) is 0.316. The van der Waals surface area contributed by atoms with Crippen molar-refractivity contribution < 1.29 is 4.92 Å². The Morgan fingerprint density at radius 2 is 2.00 bits per heavy atom. The molecule has 100 valence electrons. The van der Waals surface area contributed by atoms with E-state index in [1.165, 1.54) is 12.4 Å². The van der Waals surface area contributed by atoms with Crippen LogP contribution in [0, 0.1) is 16.0 Å². The first-order valence-corrected chi connectivity index (χ1v) is 6.21. The molecule has 1 unspecified atom stereocenters. The molecule has 0 fully saturated rings. The van der Waals surface area contributed by atoms with Gasteiger partial charge in [-0.2, -0.15) is 0 Å². The fourth-order valence-corrected chi connectivity index (χ4v) is 1.86. The maximum atomic E-state index is 10.5. The van der Waals surface area contributed by atoms with Crippen LogP contribution in [0.1, 0.15) is 33.0 Å². The summed E-state index contributed by atoms with van der Waals surface area (Å²) in [7, 11) is 0. The van der Waals surface area contributed by atoms with Gasteiger partial charge in [-0.1, -0.05) is 20.8 Å². The Kier molecular flexibility index (Phi) is 5.64. The summed E-state index contributed by atoms with van der Waals surface area (Å²) >= 11 is 0. The zero-order valence-corrected chi connectivity index (χ0v) is 11.1. The van der Waals surface area contributed by atoms with Gasteiger partial charge in [-0.05, 0) is 18.9 Å². The molecule has 0 spiro atoms. The molecule has 0 aliphatic carbocycles. The molecule has 0 aromatic carbocycles. The van der Waals surface area contributed by atoms with Crippen LogP contribution >= 0.6 is 0 Å². The Hall–Kier alpha value is -1.56. The molecule has 1 atom stereocenters. The van der Waals surface area contributed by atoms with E-state index in [0.717, 1.165) is 13.0 Å². The van der Waals surface area contributed by atoms with E-state index in [-0.39, 0.29) is 5.69 Å². The molecule has 1 aromatic rings. The Labute approximate surface area is 107 Å². The van der Waals surface area contributed by atoms with Gasteiger partial charge in [0.2, 0.25) is 0 Å². The topological polar surface area (TPSA) is 81.0 Å². The first-order chi connectivity index (χ1) is 8.52. The molecule has 0 radical (unpaired) electrons. The second-order valence-electron chi connectivity index (χ2n) is 4.70. The van der Waals surface area contributed by atoms with E-state index in [0.29, 0.717) is 24.2 Å². The van der Waals surface area contributed by atoms with Crippen LogP contribution in [-0.2, 0) is 6.42 Å². The molecule has 1 rings (SSSR count). The minimum Gasteiger partial charge on any atom is -0.314 e. The van der Waals surface area contributed by atoms with Gasteiger partial charge in [-0.15, -0.1) is 0 Å². The van der Waals surface area contributed by atoms with Gasteiger partial charge in [0.1, 0.15) is 18.2 Å². The molecule has 0 aliphatic heterocycles. The van der Waals surface area contributed by atoms with E-state index < -0.39 is 4.92 Å². The van der Waals surface area contributed by atoms with E-state index >= 15 is 0 Å². The quantitative estimate of drug-likeness (QED) is 0.592. The van der Waals surface area contributed by atoms with Crippen LogP contribution < -0.4 is 5.32 Å². The summed E-state index contributed by atoms with van der Waals surface area (Å²) in [5, 5.41) is 13.9. The largest absolute Gasteiger partial charge is 0.314 e. The summed E-state index contributed by atoms with van der Waals surface area (Å²) in [6.07, 6.45) is 4.26. The summed E-state index contributed by atoms with van der Waals surface area (Å²) < 4.78 is 0. The van der Waals surface area contributed by atoms with Gasteiger partial charge in [-0.25, -0.2) is 9.97 Å². The van der Waals surface area contributed by atoms with Crippen LogP contribution in [0.3, 0.4) is 0 Å². The molecule has 6 heteroatoms. The van der Waals surface area contributed by atoms with E-state index in [4.69, 9.17) is 0 Å². The Morgan fingerprint density at radius 3 is 2.44 bits per heavy atom. The van der Waals surface area contributed by atoms with Gasteiger partial charge in [0.25, 0.3) is 0 Å². The second-order valence-corrected chi connectivity index (χ2v) is 4.70. The summed E-state index contributed by atoms with van der Waals surface area (Å²) in [5.74, 6) is 1.24. The highest BCUT2D eigenvalue weighted by Gasteiger charge is 2.13. The third-order valence-corrected chi connectivity index (χ3v) is 2.58. The monoisotopic (exact) mass is 252 g/mol. The van der Waals surface area contributed by atoms with Crippen molar-refractivity contribution in [3.63, 3.8) is 0 Å². The zero-order valence-electron chi connectivity index (χ0n) is 11.1. The van der Waals surface area contributed by atoms with Crippen LogP contribution in [0.4, 0.5) is 5.69 Å². The number of likely N-dealkylation sites (N-methyl/N-ethyl adjacent to an activating group) is 1. The lowest BCUT2D eigenvalue weighted by Crippen LogP contribution is -2.32. The highest BCUT2D eigenvalue weighted by atomic mass is 16.6. The van der Waals surface area contributed by atoms with Gasteiger partial charge in [-0.3, -0.25) is 10.1 Å². The Morgan fingerprint density at radius 1 is 1.39 bits per heavy atom. The minimum atomic E-state index is -0.486. The zero-order chi connectivity index (χ0) is 13.5. The standard InChI is InChI=1S/C12H20N4O2/c1-4-13-10(5-9(2)3)6-12-14-7-11(8-15-12)16(17)18/h7-10,13H,4-6H2,1-3H3. The maximum Gasteiger partial charge on any atom is 0.305 e. The molecular weight excluding hydrogens is 232 g/mol. The number of rotatable bonds is 7. The Balaban J connectivity index is 2.65. The van der Waals surface area contributed by atoms with Gasteiger partial charge < -0.3 is 5.32 Å². The molecule has 0 bridgehead atoms. The molecule has 0 aliphatic rings. The van der Waals surface area contributed by atoms with Crippen molar-refractivity contribution in [1.29, 1.82) is 0 Å². The SMILES string of the molecule is CCNC(Cc1ncc([N+](=O)[O-])cn1)CC(C)C. The number of hydrogen-bond donors (Lipinski definition) is 1. The number of aromatic nitrogens is 2. The van der Waals surface area contributed by atoms with Gasteiger partial charge in [0.15, 0.2) is 0 Å². The third kappa shape index (κ3) is 4.75. The fraction of sp³-hybridized carbons (Fsp3) is 0.667. The number of nitro groups is 1. The first-order valence-electron chi connectivity index (χ1n) is 6.21. The van der Waals surface area contributed by atoms with Crippen LogP contribution in [0.25, 0.3) is 0 Å². The molecule has 6 nitrogen and oxygen atoms in total. The number of nitrogens with one attached hydrogen (secondary N) is 1. The highest BCUT2D eigenvalue weighted by molar-refractivity contribution is 5.20. The van der Waals surface area contributed by atoms with Crippen LogP contribution in [0.15, 0.2) is 12.4 Å². The van der Waals surface area contributed by atoms with Crippen LogP contribution in [0.2, 0.25) is 0 Å². The van der Waals surface area contributed by atoms with Crippen LogP contribution in [0.5, 0.6) is 0 Å². The van der Waals surface area contributed by atoms with E-state index in [2.05, 4.69) is 36.1 Å². The summed E-state index contributed by atoms with van der Waals surface area (Å²) in [5.41, 5.74) is -0.0670. The fourth-order valence-electron chi connectivity index (χ4n) is 1.86. The molecule has 0 saturated carbocycles. The normalized spacial score (nSPS) is 12.7. The average molecular weight is 252 g/mol. The van der Waals surface area contributed by atoms with Crippen molar-refractivity contribution in [1.82, 2.24) is 15.3 Å². The second kappa shape index (κ2) is 7.00. The molecule has 1 heterocycles. The first kappa shape index (κ1) is 14.5. The number of hydrogen-bond acceptors (Lipinski definition) is 5. The van der Waals surface area contributed by atoms with Crippen molar-refractivity contribution in [2.45, 2.75) is 39.7 Å². The van der Waals surface area contributed by atoms with Crippen molar-refractivity contribution >= 4 is 5.69 Å². The smallest absolute Gasteiger partial charge is 0.305 e. The molecule has 1 aromatic heterocycles. The number of nitrogens with zero attached hydrogens (tertiary/aromatic N) is 3. The minimum absolute atomic E-state index is 0.0670. The highest BCUT2D eigenvalue weighted by Crippen LogP contribution is 2.11. The lowest BCUT2D eigenvalue weighted by Gasteiger charge is -2.18. The predicted octanol–water partition coefficient (Wildman–Crippen LogP) is 1.95. The summed E-state index contributed by atoms with van der Waals surface area (Å²) in [6.45, 7) is 7.29. The average Bonchev–Trinajstić information content (AvgIpc) is 2.29. The van der Waals surface area contributed by atoms with Crippen molar-refractivity contribution in [3.8, 4) is 0 Å². The van der Waals surface area contributed by atoms with Gasteiger partial charge in [0, 0.05) is 12.5 Å². The summed E-state index contributed by atoms with van der Waals surface area (Å²) in [4.78, 5) is 18.1. The molecule has 18 heavy (non-hydrogen) atoms. The van der Waals surface area contributed by atoms with Gasteiger partial charge >= 0.3 is 5.69 Å². The van der Waals surface area contributed by atoms with Gasteiger partial charge in [0.05, 0.1) is 4.92 Å². The Bertz CT molecular complexity index is 378. The third-order valence-electron chi connectivity index (χ3n) is 2.58. The molecule has 1 N–H and O–H groups in total. The maximum absolute atomic E-state index is 10.5. The van der Waals surface area contributed by atoms with E-state index in [1.807, 2.05) is 0 Å². The lowest BCUT2D eigenvalue weighted by atomic mass is 10.0. The van der Waals surface area contributed by atoms with Crippen LogP contribution in [-0.4, -0.2) is 27.5 Å². The van der Waals surface area contributed by atoms with Crippen molar-refractivity contribution in [2.24, 2.45) is 5.92 Å². The molecule has 0 amide bonds. The van der Waals surface area contributed by atoms with E-state index in [1.54, 1.807) is 0 Å².